The molecule has 0 unspecified atom stereocenters. The number of hydrogen-bond acceptors (Lipinski definition) is 6. The van der Waals surface area contributed by atoms with Crippen LogP contribution in [0, 0.1) is 11.3 Å². The van der Waals surface area contributed by atoms with Gasteiger partial charge in [-0.2, -0.15) is 10.4 Å². The van der Waals surface area contributed by atoms with Gasteiger partial charge in [-0.15, -0.1) is 0 Å². The van der Waals surface area contributed by atoms with Gasteiger partial charge in [-0.25, -0.2) is 9.48 Å². The molecule has 0 aliphatic heterocycles. The van der Waals surface area contributed by atoms with Crippen LogP contribution < -0.4 is 5.32 Å². The summed E-state index contributed by atoms with van der Waals surface area (Å²) in [5.74, 6) is -0.934. The smallest absolute Gasteiger partial charge is 0.339 e. The van der Waals surface area contributed by atoms with Gasteiger partial charge < -0.3 is 10.1 Å². The molecule has 0 radical (unpaired) electrons. The van der Waals surface area contributed by atoms with Gasteiger partial charge in [-0.3, -0.25) is 9.78 Å². The van der Waals surface area contributed by atoms with Crippen molar-refractivity contribution in [1.82, 2.24) is 14.8 Å². The molecule has 1 amide bonds. The molecule has 0 aliphatic rings. The highest BCUT2D eigenvalue weighted by atomic mass is 16.5. The summed E-state index contributed by atoms with van der Waals surface area (Å²) in [4.78, 5) is 30.7. The Morgan fingerprint density at radius 2 is 1.83 bits per heavy atom. The fraction of sp³-hybridized carbons (Fsp3) is 0.222. The monoisotopic (exact) mass is 467 g/mol. The van der Waals surface area contributed by atoms with E-state index in [4.69, 9.17) is 9.72 Å². The molecule has 0 saturated carbocycles. The lowest BCUT2D eigenvalue weighted by Gasteiger charge is -2.15. The van der Waals surface area contributed by atoms with Crippen LogP contribution in [0.4, 0.5) is 5.82 Å². The molecule has 0 fully saturated rings. The molecule has 2 aromatic carbocycles. The van der Waals surface area contributed by atoms with Gasteiger partial charge in [0.2, 0.25) is 0 Å². The van der Waals surface area contributed by atoms with Gasteiger partial charge >= 0.3 is 5.97 Å². The predicted molar refractivity (Wildman–Crippen MR) is 132 cm³/mol. The number of pyridine rings is 1. The van der Waals surface area contributed by atoms with Crippen LogP contribution in [0.25, 0.3) is 16.6 Å². The van der Waals surface area contributed by atoms with Crippen LogP contribution in [0.1, 0.15) is 47.4 Å². The average molecular weight is 468 g/mol. The van der Waals surface area contributed by atoms with Gasteiger partial charge in [0.25, 0.3) is 5.91 Å². The van der Waals surface area contributed by atoms with E-state index >= 15 is 0 Å². The molecule has 1 N–H and O–H groups in total. The fourth-order valence-electron chi connectivity index (χ4n) is 4.05. The molecule has 0 saturated heterocycles. The van der Waals surface area contributed by atoms with Crippen LogP contribution in [0.2, 0.25) is 0 Å². The number of aromatic nitrogens is 3. The van der Waals surface area contributed by atoms with Crippen molar-refractivity contribution in [1.29, 1.82) is 5.26 Å². The number of esters is 1. The Labute approximate surface area is 203 Å². The molecule has 176 valence electrons. The van der Waals surface area contributed by atoms with Crippen molar-refractivity contribution in [3.63, 3.8) is 0 Å². The van der Waals surface area contributed by atoms with Crippen LogP contribution in [0.15, 0.2) is 60.8 Å². The Morgan fingerprint density at radius 3 is 2.54 bits per heavy atom. The number of anilines is 1. The van der Waals surface area contributed by atoms with E-state index in [1.807, 2.05) is 55.5 Å². The van der Waals surface area contributed by atoms with E-state index in [0.717, 1.165) is 29.6 Å². The molecule has 0 bridgehead atoms. The Kier molecular flexibility index (Phi) is 7.17. The summed E-state index contributed by atoms with van der Waals surface area (Å²) in [6.07, 6.45) is 3.63. The zero-order chi connectivity index (χ0) is 24.8. The average Bonchev–Trinajstić information content (AvgIpc) is 3.29. The third kappa shape index (κ3) is 4.89. The van der Waals surface area contributed by atoms with E-state index in [0.29, 0.717) is 23.1 Å². The topological polar surface area (TPSA) is 110 Å². The van der Waals surface area contributed by atoms with Crippen LogP contribution in [0.3, 0.4) is 0 Å². The summed E-state index contributed by atoms with van der Waals surface area (Å²) in [6, 6.07) is 18.6. The van der Waals surface area contributed by atoms with E-state index in [-0.39, 0.29) is 11.4 Å². The predicted octanol–water partition coefficient (Wildman–Crippen LogP) is 4.60. The van der Waals surface area contributed by atoms with Crippen molar-refractivity contribution >= 4 is 28.6 Å². The zero-order valence-corrected chi connectivity index (χ0v) is 19.6. The number of aryl methyl sites for hydroxylation is 1. The lowest BCUT2D eigenvalue weighted by Crippen LogP contribution is -2.23. The molecule has 4 aromatic rings. The normalized spacial score (nSPS) is 10.7. The third-order valence-electron chi connectivity index (χ3n) is 5.61. The first-order valence-electron chi connectivity index (χ1n) is 11.5. The molecule has 0 atom stereocenters. The van der Waals surface area contributed by atoms with E-state index in [1.54, 1.807) is 12.1 Å². The summed E-state index contributed by atoms with van der Waals surface area (Å²) >= 11 is 0. The van der Waals surface area contributed by atoms with E-state index in [2.05, 4.69) is 17.3 Å². The van der Waals surface area contributed by atoms with Crippen molar-refractivity contribution in [2.24, 2.45) is 0 Å². The van der Waals surface area contributed by atoms with Gasteiger partial charge in [0.1, 0.15) is 11.6 Å². The van der Waals surface area contributed by atoms with Crippen molar-refractivity contribution in [2.75, 3.05) is 11.9 Å². The van der Waals surface area contributed by atoms with Crippen molar-refractivity contribution in [3.8, 4) is 11.8 Å². The number of hydrogen-bond donors (Lipinski definition) is 1. The number of carbonyl (C=O) groups excluding carboxylic acids is 2. The number of ether oxygens (including phenoxy) is 1. The number of nitrogens with zero attached hydrogens (tertiary/aromatic N) is 4. The van der Waals surface area contributed by atoms with E-state index in [9.17, 15) is 14.9 Å². The maximum atomic E-state index is 13.2. The quantitative estimate of drug-likeness (QED) is 0.379. The third-order valence-corrected chi connectivity index (χ3v) is 5.61. The number of amides is 1. The minimum Gasteiger partial charge on any atom is -0.452 e. The second-order valence-corrected chi connectivity index (χ2v) is 7.92. The van der Waals surface area contributed by atoms with Gasteiger partial charge in [-0.05, 0) is 36.6 Å². The summed E-state index contributed by atoms with van der Waals surface area (Å²) in [5, 5.41) is 17.0. The second-order valence-electron chi connectivity index (χ2n) is 7.92. The molecular formula is C27H25N5O3. The molecule has 0 spiro atoms. The Bertz CT molecular complexity index is 1420. The van der Waals surface area contributed by atoms with E-state index in [1.165, 1.54) is 10.9 Å². The van der Waals surface area contributed by atoms with Crippen LogP contribution in [-0.4, -0.2) is 33.2 Å². The van der Waals surface area contributed by atoms with Crippen LogP contribution in [0.5, 0.6) is 0 Å². The fourth-order valence-corrected chi connectivity index (χ4v) is 4.05. The maximum Gasteiger partial charge on any atom is 0.339 e. The minimum absolute atomic E-state index is 0.200. The number of carbonyl (C=O) groups is 2. The van der Waals surface area contributed by atoms with Gasteiger partial charge in [0, 0.05) is 11.1 Å². The van der Waals surface area contributed by atoms with Crippen molar-refractivity contribution in [2.45, 2.75) is 33.1 Å². The Balaban J connectivity index is 1.57. The second kappa shape index (κ2) is 10.6. The molecule has 4 rings (SSSR count). The SMILES string of the molecule is CCCc1nc2ccccc2c(C(=O)OCC(=O)Nc2c(C#N)cnn2-c2ccccc2)c1CC. The van der Waals surface area contributed by atoms with Crippen LogP contribution in [-0.2, 0) is 22.4 Å². The highest BCUT2D eigenvalue weighted by Crippen LogP contribution is 2.26. The zero-order valence-electron chi connectivity index (χ0n) is 19.6. The van der Waals surface area contributed by atoms with Crippen molar-refractivity contribution < 1.29 is 14.3 Å². The Hall–Kier alpha value is -4.51. The standard InChI is InChI=1S/C27H25N5O3/c1-3-10-22-20(4-2)25(21-13-8-9-14-23(21)30-22)27(34)35-17-24(33)31-26-18(15-28)16-29-32(26)19-11-6-5-7-12-19/h5-9,11-14,16H,3-4,10,17H2,1-2H3,(H,31,33). The number of nitriles is 1. The lowest BCUT2D eigenvalue weighted by atomic mass is 9.96. The maximum absolute atomic E-state index is 13.2. The summed E-state index contributed by atoms with van der Waals surface area (Å²) in [5.41, 5.74) is 3.75. The van der Waals surface area contributed by atoms with Gasteiger partial charge in [-0.1, -0.05) is 56.7 Å². The summed E-state index contributed by atoms with van der Waals surface area (Å²) < 4.78 is 6.91. The number of rotatable bonds is 8. The summed E-state index contributed by atoms with van der Waals surface area (Å²) in [7, 11) is 0. The highest BCUT2D eigenvalue weighted by molar-refractivity contribution is 6.06. The van der Waals surface area contributed by atoms with Gasteiger partial charge in [0.05, 0.1) is 23.0 Å². The van der Waals surface area contributed by atoms with Gasteiger partial charge in [0.15, 0.2) is 12.4 Å². The number of benzene rings is 2. The number of para-hydroxylation sites is 2. The molecule has 35 heavy (non-hydrogen) atoms. The van der Waals surface area contributed by atoms with Crippen LogP contribution >= 0.6 is 0 Å². The minimum atomic E-state index is -0.579. The first kappa shape index (κ1) is 23.6. The van der Waals surface area contributed by atoms with Crippen molar-refractivity contribution in [3.05, 3.63) is 83.2 Å². The molecular weight excluding hydrogens is 442 g/mol. The first-order valence-corrected chi connectivity index (χ1v) is 11.5. The molecule has 2 aromatic heterocycles. The number of nitrogens with one attached hydrogen (secondary N) is 1. The Morgan fingerprint density at radius 1 is 1.09 bits per heavy atom. The lowest BCUT2D eigenvalue weighted by molar-refractivity contribution is -0.119. The molecule has 2 heterocycles. The molecule has 0 aliphatic carbocycles. The number of fused-ring (bicyclic) bond motifs is 1. The molecule has 8 heteroatoms. The summed E-state index contributed by atoms with van der Waals surface area (Å²) in [6.45, 7) is 3.53. The van der Waals surface area contributed by atoms with E-state index < -0.39 is 18.5 Å². The molecule has 8 nitrogen and oxygen atoms in total. The highest BCUT2D eigenvalue weighted by Gasteiger charge is 2.22. The first-order chi connectivity index (χ1) is 17.1. The largest absolute Gasteiger partial charge is 0.452 e.